The van der Waals surface area contributed by atoms with Gasteiger partial charge in [-0.1, -0.05) is 39.8 Å². The summed E-state index contributed by atoms with van der Waals surface area (Å²) in [7, 11) is 2.85. The average molecular weight is 510 g/mol. The van der Waals surface area contributed by atoms with Gasteiger partial charge in [-0.15, -0.1) is 0 Å². The summed E-state index contributed by atoms with van der Waals surface area (Å²) in [4.78, 5) is 48.8. The molecule has 34 heavy (non-hydrogen) atoms. The zero-order chi connectivity index (χ0) is 24.7. The van der Waals surface area contributed by atoms with Crippen molar-refractivity contribution in [2.75, 3.05) is 25.4 Å². The van der Waals surface area contributed by atoms with Gasteiger partial charge in [0.05, 0.1) is 12.1 Å². The van der Waals surface area contributed by atoms with Crippen molar-refractivity contribution < 1.29 is 28.7 Å². The predicted molar refractivity (Wildman–Crippen MR) is 130 cm³/mol. The Morgan fingerprint density at radius 1 is 1.26 bits per heavy atom. The predicted octanol–water partition coefficient (Wildman–Crippen LogP) is 1.95. The zero-order valence-corrected chi connectivity index (χ0v) is 20.2. The third-order valence-electron chi connectivity index (χ3n) is 5.76. The highest BCUT2D eigenvalue weighted by atomic mass is 33.1. The number of carbonyl (C=O) groups is 4. The molecular weight excluding hydrogens is 481 g/mol. The average Bonchev–Trinajstić information content (AvgIpc) is 3.65. The van der Waals surface area contributed by atoms with Crippen LogP contribution in [0.25, 0.3) is 0 Å². The third kappa shape index (κ3) is 7.14. The number of hydrogen-bond acceptors (Lipinski definition) is 8. The molecule has 1 aromatic carbocycles. The van der Waals surface area contributed by atoms with Crippen LogP contribution in [0.2, 0.25) is 0 Å². The second-order valence-corrected chi connectivity index (χ2v) is 10.9. The van der Waals surface area contributed by atoms with Crippen molar-refractivity contribution in [3.05, 3.63) is 47.3 Å². The van der Waals surface area contributed by atoms with Gasteiger partial charge in [0.2, 0.25) is 5.91 Å². The number of hydrogen-bond donors (Lipinski definition) is 3. The summed E-state index contributed by atoms with van der Waals surface area (Å²) in [5, 5.41) is 10.9. The Bertz CT molecular complexity index is 956. The number of aldehydes is 1. The summed E-state index contributed by atoms with van der Waals surface area (Å²) >= 11 is 0. The molecule has 1 saturated heterocycles. The Morgan fingerprint density at radius 2 is 2.00 bits per heavy atom. The summed E-state index contributed by atoms with van der Waals surface area (Å²) in [6, 6.07) is 4.78. The maximum Gasteiger partial charge on any atom is 0.322 e. The molecule has 1 aromatic rings. The van der Waals surface area contributed by atoms with Crippen molar-refractivity contribution in [1.82, 2.24) is 10.2 Å². The molecule has 4 N–H and O–H groups in total. The number of Topliss-reactive ketones (excluding diaryl/α,β-unsaturated/α-hetero) is 1. The van der Waals surface area contributed by atoms with E-state index in [9.17, 15) is 23.6 Å². The number of amides is 1. The fourth-order valence-electron chi connectivity index (χ4n) is 3.84. The number of rotatable bonds is 12. The molecule has 0 radical (unpaired) electrons. The van der Waals surface area contributed by atoms with Crippen LogP contribution in [0.3, 0.4) is 0 Å². The number of benzene rings is 1. The number of nitrogens with zero attached hydrogens (tertiary/aromatic N) is 1. The van der Waals surface area contributed by atoms with Crippen LogP contribution < -0.4 is 11.1 Å². The highest BCUT2D eigenvalue weighted by molar-refractivity contribution is 8.77. The molecule has 0 spiro atoms. The first kappa shape index (κ1) is 26.4. The largest absolute Gasteiger partial charge is 0.480 e. The molecule has 3 rings (SSSR count). The van der Waals surface area contributed by atoms with Crippen LogP contribution in [0.5, 0.6) is 0 Å². The second-order valence-electron chi connectivity index (χ2n) is 8.32. The molecule has 2 aliphatic rings. The van der Waals surface area contributed by atoms with Gasteiger partial charge in [-0.2, -0.15) is 0 Å². The van der Waals surface area contributed by atoms with Gasteiger partial charge < -0.3 is 16.2 Å². The van der Waals surface area contributed by atoms with E-state index in [0.29, 0.717) is 31.4 Å². The first-order valence-corrected chi connectivity index (χ1v) is 13.4. The molecule has 0 aromatic heterocycles. The number of carboxylic acid groups (broad SMARTS) is 1. The van der Waals surface area contributed by atoms with Crippen molar-refractivity contribution in [2.45, 2.75) is 36.6 Å². The van der Waals surface area contributed by atoms with E-state index in [-0.39, 0.29) is 22.7 Å². The van der Waals surface area contributed by atoms with E-state index < -0.39 is 36.3 Å². The van der Waals surface area contributed by atoms with E-state index in [1.165, 1.54) is 33.7 Å². The van der Waals surface area contributed by atoms with Crippen molar-refractivity contribution in [3.8, 4) is 0 Å². The van der Waals surface area contributed by atoms with Gasteiger partial charge in [0.1, 0.15) is 18.6 Å². The maximum atomic E-state index is 14.6. The fourth-order valence-corrected chi connectivity index (χ4v) is 6.69. The molecule has 0 bridgehead atoms. The minimum atomic E-state index is -1.15. The van der Waals surface area contributed by atoms with Gasteiger partial charge in [0.25, 0.3) is 0 Å². The van der Waals surface area contributed by atoms with Gasteiger partial charge in [-0.3, -0.25) is 24.1 Å². The van der Waals surface area contributed by atoms with E-state index in [4.69, 9.17) is 10.8 Å². The van der Waals surface area contributed by atoms with Crippen LogP contribution >= 0.6 is 21.6 Å². The number of carboxylic acids is 1. The lowest BCUT2D eigenvalue weighted by molar-refractivity contribution is -0.138. The molecule has 1 aliphatic heterocycles. The van der Waals surface area contributed by atoms with Crippen LogP contribution in [0, 0.1) is 11.7 Å². The zero-order valence-electron chi connectivity index (χ0n) is 18.5. The topological polar surface area (TPSA) is 130 Å². The van der Waals surface area contributed by atoms with Crippen LogP contribution in [-0.2, 0) is 19.2 Å². The number of carbonyl (C=O) groups excluding carboxylic acids is 3. The van der Waals surface area contributed by atoms with Gasteiger partial charge >= 0.3 is 5.97 Å². The lowest BCUT2D eigenvalue weighted by Crippen LogP contribution is -2.44. The van der Waals surface area contributed by atoms with Gasteiger partial charge in [0.15, 0.2) is 5.78 Å². The number of halogens is 1. The summed E-state index contributed by atoms with van der Waals surface area (Å²) in [5.74, 6) is -1.85. The monoisotopic (exact) mass is 509 g/mol. The molecule has 8 nitrogen and oxygen atoms in total. The Balaban J connectivity index is 1.63. The highest BCUT2D eigenvalue weighted by Crippen LogP contribution is 2.42. The summed E-state index contributed by atoms with van der Waals surface area (Å²) in [6.07, 6.45) is 4.49. The maximum absolute atomic E-state index is 14.6. The summed E-state index contributed by atoms with van der Waals surface area (Å²) in [5.41, 5.74) is 7.02. The normalized spacial score (nSPS) is 21.6. The van der Waals surface area contributed by atoms with Gasteiger partial charge in [0, 0.05) is 35.6 Å². The fraction of sp³-hybridized carbons (Fsp3) is 0.478. The van der Waals surface area contributed by atoms with Crippen molar-refractivity contribution in [3.63, 3.8) is 0 Å². The minimum absolute atomic E-state index is 0.0226. The Labute approximate surface area is 205 Å². The lowest BCUT2D eigenvalue weighted by Gasteiger charge is -2.38. The molecule has 1 heterocycles. The molecule has 3 atom stereocenters. The lowest BCUT2D eigenvalue weighted by atomic mass is 9.93. The molecular formula is C23H28FN3O5S2. The quantitative estimate of drug-likeness (QED) is 0.220. The number of nitrogens with two attached hydrogens (primary N) is 1. The smallest absolute Gasteiger partial charge is 0.322 e. The number of likely N-dealkylation sites (tertiary alicyclic amines) is 1. The van der Waals surface area contributed by atoms with Crippen LogP contribution in [0.15, 0.2) is 35.9 Å². The Hall–Kier alpha value is -2.21. The summed E-state index contributed by atoms with van der Waals surface area (Å²) < 4.78 is 14.6. The number of allylic oxidation sites excluding steroid dienone is 1. The third-order valence-corrected chi connectivity index (χ3v) is 8.67. The van der Waals surface area contributed by atoms with E-state index in [0.717, 1.165) is 18.4 Å². The number of piperidine rings is 1. The molecule has 1 saturated carbocycles. The van der Waals surface area contributed by atoms with Crippen molar-refractivity contribution >= 4 is 45.5 Å². The van der Waals surface area contributed by atoms with E-state index >= 15 is 0 Å². The molecule has 11 heteroatoms. The SMILES string of the molecule is NC(CSSC1CCN(C(C(=O)C2CC2)c2ccccc2F)C/C1=C/C=O)C(=O)NCC(=O)O. The van der Waals surface area contributed by atoms with E-state index in [2.05, 4.69) is 5.32 Å². The van der Waals surface area contributed by atoms with Crippen LogP contribution in [0.4, 0.5) is 4.39 Å². The standard InChI is InChI=1S/C23H28FN3O5S2/c24-17-4-2-1-3-16(17)21(22(31)14-5-6-14)27-9-7-19(15(12-27)8-10-28)34-33-13-18(25)23(32)26-11-20(29)30/h1-4,8,10,14,18-19,21H,5-7,9,11-13,25H2,(H,26,32)(H,29,30)/b15-8-. The Morgan fingerprint density at radius 3 is 2.65 bits per heavy atom. The molecule has 184 valence electrons. The first-order valence-electron chi connectivity index (χ1n) is 11.0. The number of nitrogens with one attached hydrogen (secondary N) is 1. The highest BCUT2D eigenvalue weighted by Gasteiger charge is 2.41. The van der Waals surface area contributed by atoms with Crippen LogP contribution in [0.1, 0.15) is 30.9 Å². The van der Waals surface area contributed by atoms with Crippen LogP contribution in [-0.4, -0.2) is 70.6 Å². The van der Waals surface area contributed by atoms with Gasteiger partial charge in [-0.25, -0.2) is 4.39 Å². The molecule has 2 fully saturated rings. The van der Waals surface area contributed by atoms with Crippen molar-refractivity contribution in [2.24, 2.45) is 11.7 Å². The molecule has 1 aliphatic carbocycles. The molecule has 3 unspecified atom stereocenters. The summed E-state index contributed by atoms with van der Waals surface area (Å²) in [6.45, 7) is 0.425. The first-order chi connectivity index (χ1) is 16.3. The van der Waals surface area contributed by atoms with E-state index in [1.807, 2.05) is 4.90 Å². The Kier molecular flexibility index (Phi) is 9.69. The number of aliphatic carboxylic acids is 1. The minimum Gasteiger partial charge on any atom is -0.480 e. The second kappa shape index (κ2) is 12.5. The van der Waals surface area contributed by atoms with Crippen molar-refractivity contribution in [1.29, 1.82) is 0 Å². The van der Waals surface area contributed by atoms with Gasteiger partial charge in [-0.05, 0) is 37.0 Å². The van der Waals surface area contributed by atoms with E-state index in [1.54, 1.807) is 18.2 Å². The molecule has 1 amide bonds. The number of ketones is 1.